The number of nitrogens with one attached hydrogen (secondary N) is 2. The summed E-state index contributed by atoms with van der Waals surface area (Å²) in [6.45, 7) is 2.93. The third-order valence-corrected chi connectivity index (χ3v) is 5.14. The maximum atomic E-state index is 11.8. The largest absolute Gasteiger partial charge is 0.360 e. The lowest BCUT2D eigenvalue weighted by Crippen LogP contribution is -2.13. The molecular formula is C12H13N5OS3. The van der Waals surface area contributed by atoms with E-state index in [1.54, 1.807) is 11.4 Å². The van der Waals surface area contributed by atoms with Crippen LogP contribution in [0.1, 0.15) is 18.9 Å². The van der Waals surface area contributed by atoms with E-state index in [1.165, 1.54) is 34.4 Å². The van der Waals surface area contributed by atoms with Crippen LogP contribution in [0.5, 0.6) is 0 Å². The molecule has 1 amide bonds. The molecule has 0 fully saturated rings. The second-order valence-electron chi connectivity index (χ2n) is 3.91. The highest BCUT2D eigenvalue weighted by Gasteiger charge is 2.10. The van der Waals surface area contributed by atoms with Gasteiger partial charge in [-0.05, 0) is 17.9 Å². The zero-order valence-corrected chi connectivity index (χ0v) is 13.7. The van der Waals surface area contributed by atoms with Crippen molar-refractivity contribution in [2.24, 2.45) is 0 Å². The summed E-state index contributed by atoms with van der Waals surface area (Å²) in [6.07, 6.45) is 1.02. The summed E-state index contributed by atoms with van der Waals surface area (Å²) in [6, 6.07) is 3.72. The van der Waals surface area contributed by atoms with E-state index in [4.69, 9.17) is 5.26 Å². The Hall–Kier alpha value is -1.63. The van der Waals surface area contributed by atoms with Crippen LogP contribution >= 0.6 is 34.4 Å². The molecule has 0 atom stereocenters. The molecule has 2 aromatic heterocycles. The number of nitriles is 1. The Balaban J connectivity index is 1.81. The predicted molar refractivity (Wildman–Crippen MR) is 87.1 cm³/mol. The zero-order chi connectivity index (χ0) is 15.1. The monoisotopic (exact) mass is 339 g/mol. The number of hydrogen-bond acceptors (Lipinski definition) is 8. The molecule has 0 bridgehead atoms. The van der Waals surface area contributed by atoms with Crippen LogP contribution in [0.15, 0.2) is 15.8 Å². The van der Waals surface area contributed by atoms with Crippen molar-refractivity contribution in [2.75, 3.05) is 22.9 Å². The SMILES string of the molecule is CCCNc1nnc(SCC(=O)Nc2sccc2C#N)s1. The van der Waals surface area contributed by atoms with E-state index in [-0.39, 0.29) is 11.7 Å². The summed E-state index contributed by atoms with van der Waals surface area (Å²) in [5.41, 5.74) is 0.486. The molecule has 6 nitrogen and oxygen atoms in total. The second kappa shape index (κ2) is 7.97. The summed E-state index contributed by atoms with van der Waals surface area (Å²) < 4.78 is 0.746. The number of thiophene rings is 1. The van der Waals surface area contributed by atoms with Crippen molar-refractivity contribution in [2.45, 2.75) is 17.7 Å². The van der Waals surface area contributed by atoms with Crippen molar-refractivity contribution >= 4 is 50.5 Å². The summed E-state index contributed by atoms with van der Waals surface area (Å²) >= 11 is 4.10. The van der Waals surface area contributed by atoms with Crippen LogP contribution in [0.2, 0.25) is 0 Å². The molecule has 0 aliphatic rings. The number of carbonyl (C=O) groups is 1. The predicted octanol–water partition coefficient (Wildman–Crippen LogP) is 3.02. The first-order valence-electron chi connectivity index (χ1n) is 6.20. The molecule has 9 heteroatoms. The lowest BCUT2D eigenvalue weighted by molar-refractivity contribution is -0.113. The number of aromatic nitrogens is 2. The van der Waals surface area contributed by atoms with Gasteiger partial charge in [0.2, 0.25) is 11.0 Å². The lowest BCUT2D eigenvalue weighted by atomic mass is 10.3. The van der Waals surface area contributed by atoms with Gasteiger partial charge in [0.1, 0.15) is 11.1 Å². The summed E-state index contributed by atoms with van der Waals surface area (Å²) in [7, 11) is 0. The van der Waals surface area contributed by atoms with Gasteiger partial charge < -0.3 is 10.6 Å². The van der Waals surface area contributed by atoms with Gasteiger partial charge in [0.15, 0.2) is 4.34 Å². The Morgan fingerprint density at radius 1 is 1.52 bits per heavy atom. The molecule has 0 aromatic carbocycles. The number of nitrogens with zero attached hydrogens (tertiary/aromatic N) is 3. The third kappa shape index (κ3) is 4.70. The van der Waals surface area contributed by atoms with E-state index < -0.39 is 0 Å². The van der Waals surface area contributed by atoms with Gasteiger partial charge in [0, 0.05) is 6.54 Å². The van der Waals surface area contributed by atoms with E-state index in [9.17, 15) is 4.79 Å². The average molecular weight is 339 g/mol. The maximum Gasteiger partial charge on any atom is 0.235 e. The zero-order valence-electron chi connectivity index (χ0n) is 11.3. The van der Waals surface area contributed by atoms with Gasteiger partial charge >= 0.3 is 0 Å². The van der Waals surface area contributed by atoms with Crippen molar-refractivity contribution in [3.63, 3.8) is 0 Å². The molecule has 0 aliphatic carbocycles. The van der Waals surface area contributed by atoms with Crippen molar-refractivity contribution < 1.29 is 4.79 Å². The normalized spacial score (nSPS) is 10.1. The molecule has 2 aromatic rings. The molecule has 21 heavy (non-hydrogen) atoms. The van der Waals surface area contributed by atoms with Gasteiger partial charge in [-0.3, -0.25) is 4.79 Å². The molecule has 0 saturated carbocycles. The fraction of sp³-hybridized carbons (Fsp3) is 0.333. The summed E-state index contributed by atoms with van der Waals surface area (Å²) in [4.78, 5) is 11.8. The molecule has 0 unspecified atom stereocenters. The van der Waals surface area contributed by atoms with Gasteiger partial charge in [-0.1, -0.05) is 30.0 Å². The van der Waals surface area contributed by atoms with Crippen molar-refractivity contribution in [3.8, 4) is 6.07 Å². The van der Waals surface area contributed by atoms with Crippen LogP contribution in [0.4, 0.5) is 10.1 Å². The van der Waals surface area contributed by atoms with E-state index in [1.807, 2.05) is 6.07 Å². The number of amides is 1. The van der Waals surface area contributed by atoms with Crippen LogP contribution in [-0.2, 0) is 4.79 Å². The average Bonchev–Trinajstić information content (AvgIpc) is 3.11. The van der Waals surface area contributed by atoms with Crippen LogP contribution in [0.25, 0.3) is 0 Å². The fourth-order valence-electron chi connectivity index (χ4n) is 1.36. The first kappa shape index (κ1) is 15.8. The minimum atomic E-state index is -0.155. The minimum absolute atomic E-state index is 0.155. The Bertz CT molecular complexity index is 645. The highest BCUT2D eigenvalue weighted by molar-refractivity contribution is 8.01. The summed E-state index contributed by atoms with van der Waals surface area (Å²) in [5.74, 6) is 0.0859. The molecule has 2 N–H and O–H groups in total. The van der Waals surface area contributed by atoms with Gasteiger partial charge in [0.05, 0.1) is 11.3 Å². The van der Waals surface area contributed by atoms with E-state index >= 15 is 0 Å². The van der Waals surface area contributed by atoms with Crippen LogP contribution in [-0.4, -0.2) is 28.4 Å². The van der Waals surface area contributed by atoms with E-state index in [2.05, 4.69) is 27.8 Å². The van der Waals surface area contributed by atoms with Crippen molar-refractivity contribution in [3.05, 3.63) is 17.0 Å². The van der Waals surface area contributed by atoms with Gasteiger partial charge in [-0.25, -0.2) is 0 Å². The Morgan fingerprint density at radius 3 is 3.14 bits per heavy atom. The van der Waals surface area contributed by atoms with Gasteiger partial charge in [-0.2, -0.15) is 5.26 Å². The lowest BCUT2D eigenvalue weighted by Gasteiger charge is -2.01. The topological polar surface area (TPSA) is 90.7 Å². The molecular weight excluding hydrogens is 326 g/mol. The highest BCUT2D eigenvalue weighted by atomic mass is 32.2. The number of thioether (sulfide) groups is 1. The molecule has 0 spiro atoms. The Labute approximate surface area is 134 Å². The summed E-state index contributed by atoms with van der Waals surface area (Å²) in [5, 5.41) is 25.9. The van der Waals surface area contributed by atoms with E-state index in [0.29, 0.717) is 10.6 Å². The molecule has 2 heterocycles. The molecule has 110 valence electrons. The number of hydrogen-bond donors (Lipinski definition) is 2. The quantitative estimate of drug-likeness (QED) is 0.754. The smallest absolute Gasteiger partial charge is 0.235 e. The molecule has 0 saturated heterocycles. The van der Waals surface area contributed by atoms with Crippen LogP contribution in [0.3, 0.4) is 0 Å². The molecule has 0 aliphatic heterocycles. The van der Waals surface area contributed by atoms with Gasteiger partial charge in [0.25, 0.3) is 0 Å². The van der Waals surface area contributed by atoms with Crippen molar-refractivity contribution in [1.29, 1.82) is 5.26 Å². The van der Waals surface area contributed by atoms with Crippen LogP contribution in [0, 0.1) is 11.3 Å². The molecule has 2 rings (SSSR count). The number of anilines is 2. The maximum absolute atomic E-state index is 11.8. The standard InChI is InChI=1S/C12H13N5OS3/c1-2-4-14-11-16-17-12(21-11)20-7-9(18)15-10-8(6-13)3-5-19-10/h3,5H,2,4,7H2,1H3,(H,14,16)(H,15,18). The first-order chi connectivity index (χ1) is 10.2. The Kier molecular flexibility index (Phi) is 5.98. The fourth-order valence-corrected chi connectivity index (χ4v) is 3.69. The van der Waals surface area contributed by atoms with Gasteiger partial charge in [-0.15, -0.1) is 21.5 Å². The van der Waals surface area contributed by atoms with Crippen LogP contribution < -0.4 is 10.6 Å². The van der Waals surface area contributed by atoms with Crippen molar-refractivity contribution in [1.82, 2.24) is 10.2 Å². The third-order valence-electron chi connectivity index (χ3n) is 2.30. The number of carbonyl (C=O) groups excluding carboxylic acids is 1. The number of rotatable bonds is 7. The first-order valence-corrected chi connectivity index (χ1v) is 8.88. The minimum Gasteiger partial charge on any atom is -0.360 e. The second-order valence-corrected chi connectivity index (χ2v) is 7.03. The Morgan fingerprint density at radius 2 is 2.38 bits per heavy atom. The van der Waals surface area contributed by atoms with E-state index in [0.717, 1.165) is 22.4 Å². The molecule has 0 radical (unpaired) electrons. The highest BCUT2D eigenvalue weighted by Crippen LogP contribution is 2.26.